The highest BCUT2D eigenvalue weighted by atomic mass is 16.4. The lowest BCUT2D eigenvalue weighted by Crippen LogP contribution is -2.06. The Bertz CT molecular complexity index is 729. The maximum atomic E-state index is 11.9. The lowest BCUT2D eigenvalue weighted by Gasteiger charge is -2.01. The minimum Gasteiger partial charge on any atom is -0.423 e. The summed E-state index contributed by atoms with van der Waals surface area (Å²) in [7, 11) is 0. The van der Waals surface area contributed by atoms with E-state index in [1.807, 2.05) is 30.3 Å². The molecule has 2 aromatic rings. The third-order valence-electron chi connectivity index (χ3n) is 3.48. The molecular weight excluding hydrogens is 260 g/mol. The van der Waals surface area contributed by atoms with Crippen LogP contribution < -0.4 is 5.63 Å². The summed E-state index contributed by atoms with van der Waals surface area (Å²) < 4.78 is 5.34. The van der Waals surface area contributed by atoms with Gasteiger partial charge >= 0.3 is 5.63 Å². The molecule has 1 aromatic heterocycles. The Hall–Kier alpha value is -2.09. The average molecular weight is 282 g/mol. The molecule has 0 unspecified atom stereocenters. The third-order valence-corrected chi connectivity index (χ3v) is 3.48. The minimum absolute atomic E-state index is 0.234. The monoisotopic (exact) mass is 282 g/mol. The van der Waals surface area contributed by atoms with Crippen LogP contribution in [-0.4, -0.2) is 0 Å². The first-order valence-electron chi connectivity index (χ1n) is 7.37. The summed E-state index contributed by atoms with van der Waals surface area (Å²) in [6, 6.07) is 9.54. The van der Waals surface area contributed by atoms with E-state index in [4.69, 9.17) is 4.42 Å². The van der Waals surface area contributed by atoms with Gasteiger partial charge in [0.1, 0.15) is 5.58 Å². The van der Waals surface area contributed by atoms with Gasteiger partial charge in [0.15, 0.2) is 0 Å². The van der Waals surface area contributed by atoms with Crippen LogP contribution in [0, 0.1) is 0 Å². The molecule has 0 spiro atoms. The highest BCUT2D eigenvalue weighted by Gasteiger charge is 2.03. The van der Waals surface area contributed by atoms with E-state index in [0.29, 0.717) is 12.0 Å². The van der Waals surface area contributed by atoms with E-state index in [1.54, 1.807) is 0 Å². The van der Waals surface area contributed by atoms with Crippen LogP contribution in [0.1, 0.15) is 39.2 Å². The molecule has 0 bridgehead atoms. The Morgan fingerprint density at radius 1 is 1.14 bits per heavy atom. The fraction of sp³-hybridized carbons (Fsp3) is 0.316. The van der Waals surface area contributed by atoms with Crippen molar-refractivity contribution in [2.75, 3.05) is 0 Å². The maximum absolute atomic E-state index is 11.9. The molecule has 2 nitrogen and oxygen atoms in total. The van der Waals surface area contributed by atoms with Gasteiger partial charge in [0.2, 0.25) is 0 Å². The van der Waals surface area contributed by atoms with E-state index in [0.717, 1.165) is 23.8 Å². The lowest BCUT2D eigenvalue weighted by atomic mass is 10.1. The van der Waals surface area contributed by atoms with E-state index in [9.17, 15) is 4.79 Å². The van der Waals surface area contributed by atoms with E-state index in [2.05, 4.69) is 32.9 Å². The van der Waals surface area contributed by atoms with E-state index < -0.39 is 0 Å². The Labute approximate surface area is 125 Å². The molecule has 0 aliphatic carbocycles. The zero-order chi connectivity index (χ0) is 15.2. The van der Waals surface area contributed by atoms with Gasteiger partial charge < -0.3 is 4.42 Å². The highest BCUT2D eigenvalue weighted by Crippen LogP contribution is 2.14. The van der Waals surface area contributed by atoms with Crippen molar-refractivity contribution in [3.63, 3.8) is 0 Å². The zero-order valence-corrected chi connectivity index (χ0v) is 13.0. The van der Waals surface area contributed by atoms with Gasteiger partial charge in [-0.25, -0.2) is 4.79 Å². The van der Waals surface area contributed by atoms with Gasteiger partial charge in [-0.15, -0.1) is 0 Å². The van der Waals surface area contributed by atoms with Crippen molar-refractivity contribution in [1.29, 1.82) is 0 Å². The van der Waals surface area contributed by atoms with Gasteiger partial charge in [-0.1, -0.05) is 41.5 Å². The molecule has 0 radical (unpaired) electrons. The van der Waals surface area contributed by atoms with Crippen molar-refractivity contribution in [3.8, 4) is 0 Å². The largest absolute Gasteiger partial charge is 0.423 e. The summed E-state index contributed by atoms with van der Waals surface area (Å²) in [5.74, 6) is 0. The second kappa shape index (κ2) is 7.07. The molecule has 0 aliphatic rings. The predicted molar refractivity (Wildman–Crippen MR) is 88.6 cm³/mol. The van der Waals surface area contributed by atoms with E-state index in [-0.39, 0.29) is 5.63 Å². The molecule has 0 amide bonds. The van der Waals surface area contributed by atoms with Crippen molar-refractivity contribution in [3.05, 3.63) is 69.6 Å². The van der Waals surface area contributed by atoms with Gasteiger partial charge in [-0.2, -0.15) is 0 Å². The summed E-state index contributed by atoms with van der Waals surface area (Å²) in [5.41, 5.74) is 3.78. The number of hydrogen-bond donors (Lipinski definition) is 0. The number of rotatable bonds is 5. The smallest absolute Gasteiger partial charge is 0.339 e. The Morgan fingerprint density at radius 2 is 1.90 bits per heavy atom. The lowest BCUT2D eigenvalue weighted by molar-refractivity contribution is 0.553. The van der Waals surface area contributed by atoms with E-state index >= 15 is 0 Å². The summed E-state index contributed by atoms with van der Waals surface area (Å²) in [4.78, 5) is 11.9. The number of allylic oxidation sites excluding steroid dienone is 4. The van der Waals surface area contributed by atoms with Crippen LogP contribution in [0.4, 0.5) is 0 Å². The summed E-state index contributed by atoms with van der Waals surface area (Å²) >= 11 is 0. The van der Waals surface area contributed by atoms with Crippen molar-refractivity contribution >= 4 is 11.0 Å². The molecule has 0 saturated carbocycles. The van der Waals surface area contributed by atoms with Gasteiger partial charge in [0, 0.05) is 10.9 Å². The summed E-state index contributed by atoms with van der Waals surface area (Å²) in [5, 5.41) is 0.975. The molecule has 0 aliphatic heterocycles. The molecule has 0 atom stereocenters. The molecule has 0 saturated heterocycles. The van der Waals surface area contributed by atoms with Crippen LogP contribution in [0.25, 0.3) is 11.0 Å². The second-order valence-corrected chi connectivity index (χ2v) is 5.67. The number of hydrogen-bond acceptors (Lipinski definition) is 2. The quantitative estimate of drug-likeness (QED) is 0.569. The highest BCUT2D eigenvalue weighted by molar-refractivity contribution is 5.76. The molecule has 0 fully saturated rings. The fourth-order valence-corrected chi connectivity index (χ4v) is 2.22. The number of para-hydroxylation sites is 1. The Kier molecular flexibility index (Phi) is 5.15. The van der Waals surface area contributed by atoms with Crippen molar-refractivity contribution < 1.29 is 4.42 Å². The van der Waals surface area contributed by atoms with Crippen LogP contribution in [0.15, 0.2) is 62.8 Å². The molecule has 1 aromatic carbocycles. The first-order chi connectivity index (χ1) is 10.1. The second-order valence-electron chi connectivity index (χ2n) is 5.67. The number of benzene rings is 1. The fourth-order valence-electron chi connectivity index (χ4n) is 2.22. The first kappa shape index (κ1) is 15.3. The SMILES string of the molecule is CC(C)=CCCC(C)=CCc1cc2ccccc2oc1=O. The van der Waals surface area contributed by atoms with Crippen molar-refractivity contribution in [1.82, 2.24) is 0 Å². The normalized spacial score (nSPS) is 11.7. The zero-order valence-electron chi connectivity index (χ0n) is 13.0. The summed E-state index contributed by atoms with van der Waals surface area (Å²) in [6.07, 6.45) is 7.08. The Morgan fingerprint density at radius 3 is 2.67 bits per heavy atom. The van der Waals surface area contributed by atoms with Crippen LogP contribution in [-0.2, 0) is 6.42 Å². The third kappa shape index (κ3) is 4.45. The first-order valence-corrected chi connectivity index (χ1v) is 7.37. The van der Waals surface area contributed by atoms with Gasteiger partial charge in [-0.05, 0) is 52.2 Å². The molecule has 1 heterocycles. The molecule has 2 heteroatoms. The maximum Gasteiger partial charge on any atom is 0.339 e. The van der Waals surface area contributed by atoms with Gasteiger partial charge in [0.25, 0.3) is 0 Å². The van der Waals surface area contributed by atoms with E-state index in [1.165, 1.54) is 11.1 Å². The standard InChI is InChI=1S/C19H22O2/c1-14(2)7-6-8-15(3)11-12-17-13-16-9-4-5-10-18(16)21-19(17)20/h4-5,7,9-11,13H,6,8,12H2,1-3H3. The number of fused-ring (bicyclic) bond motifs is 1. The Balaban J connectivity index is 2.10. The van der Waals surface area contributed by atoms with Crippen LogP contribution >= 0.6 is 0 Å². The van der Waals surface area contributed by atoms with Gasteiger partial charge in [-0.3, -0.25) is 0 Å². The minimum atomic E-state index is -0.234. The average Bonchev–Trinajstić information content (AvgIpc) is 2.44. The molecular formula is C19H22O2. The van der Waals surface area contributed by atoms with Crippen LogP contribution in [0.5, 0.6) is 0 Å². The topological polar surface area (TPSA) is 30.2 Å². The summed E-state index contributed by atoms with van der Waals surface area (Å²) in [6.45, 7) is 6.33. The van der Waals surface area contributed by atoms with Crippen molar-refractivity contribution in [2.24, 2.45) is 0 Å². The predicted octanol–water partition coefficient (Wildman–Crippen LogP) is 5.03. The van der Waals surface area contributed by atoms with Crippen molar-refractivity contribution in [2.45, 2.75) is 40.0 Å². The molecule has 2 rings (SSSR count). The van der Waals surface area contributed by atoms with Crippen LogP contribution in [0.3, 0.4) is 0 Å². The van der Waals surface area contributed by atoms with Gasteiger partial charge in [0.05, 0.1) is 0 Å². The molecule has 110 valence electrons. The van der Waals surface area contributed by atoms with Crippen LogP contribution in [0.2, 0.25) is 0 Å². The molecule has 0 N–H and O–H groups in total. The molecule has 21 heavy (non-hydrogen) atoms.